The molecule has 1 aromatic heterocycles. The van der Waals surface area contributed by atoms with Crippen LogP contribution < -0.4 is 10.6 Å². The van der Waals surface area contributed by atoms with Crippen molar-refractivity contribution in [3.8, 4) is 11.4 Å². The van der Waals surface area contributed by atoms with Gasteiger partial charge in [-0.3, -0.25) is 20.2 Å². The molecule has 0 unspecified atom stereocenters. The molecule has 0 fully saturated rings. The first-order valence-corrected chi connectivity index (χ1v) is 7.13. The Morgan fingerprint density at radius 2 is 1.54 bits per heavy atom. The Kier molecular flexibility index (Phi) is 5.14. The number of hydrogen-bond donors (Lipinski definition) is 2. The van der Waals surface area contributed by atoms with Gasteiger partial charge in [0, 0.05) is 19.2 Å². The first-order chi connectivity index (χ1) is 11.5. The van der Waals surface area contributed by atoms with Crippen LogP contribution in [0.1, 0.15) is 13.8 Å². The van der Waals surface area contributed by atoms with Crippen LogP contribution in [-0.4, -0.2) is 37.9 Å². The summed E-state index contributed by atoms with van der Waals surface area (Å²) in [5.41, 5.74) is -0.745. The Hall–Kier alpha value is -3.37. The van der Waals surface area contributed by atoms with Crippen LogP contribution in [0.25, 0.3) is 11.4 Å². The van der Waals surface area contributed by atoms with Gasteiger partial charge in [-0.05, 0) is 19.9 Å². The fourth-order valence-corrected chi connectivity index (χ4v) is 1.94. The molecule has 0 aliphatic heterocycles. The fourth-order valence-electron chi connectivity index (χ4n) is 1.94. The molecule has 1 heterocycles. The number of aromatic nitrogens is 3. The van der Waals surface area contributed by atoms with Crippen LogP contribution in [0.15, 0.2) is 18.2 Å². The Morgan fingerprint density at radius 3 is 2.00 bits per heavy atom. The molecule has 0 saturated heterocycles. The lowest BCUT2D eigenvalue weighted by Gasteiger charge is -2.08. The van der Waals surface area contributed by atoms with Crippen LogP contribution in [0, 0.1) is 20.2 Å². The van der Waals surface area contributed by atoms with Crippen molar-refractivity contribution in [2.45, 2.75) is 13.8 Å². The van der Waals surface area contributed by atoms with Crippen LogP contribution in [0.2, 0.25) is 0 Å². The zero-order valence-electron chi connectivity index (χ0n) is 13.0. The van der Waals surface area contributed by atoms with E-state index in [0.717, 1.165) is 6.07 Å². The smallest absolute Gasteiger partial charge is 0.287 e. The minimum Gasteiger partial charge on any atom is -0.354 e. The van der Waals surface area contributed by atoms with E-state index >= 15 is 0 Å². The standard InChI is InChI=1S/C13H15N7O4/c1-3-14-12-16-11(17-13(18-12)15-4-2)9-6-5-8(19(21)22)7-10(9)20(23)24/h5-7H,3-4H2,1-2H3,(H2,14,15,16,17,18). The average Bonchev–Trinajstić information content (AvgIpc) is 2.54. The zero-order chi connectivity index (χ0) is 17.7. The van der Waals surface area contributed by atoms with Gasteiger partial charge in [-0.1, -0.05) is 0 Å². The van der Waals surface area contributed by atoms with Crippen molar-refractivity contribution in [2.24, 2.45) is 0 Å². The van der Waals surface area contributed by atoms with Gasteiger partial charge in [0.2, 0.25) is 11.9 Å². The Morgan fingerprint density at radius 1 is 0.958 bits per heavy atom. The number of nitrogens with zero attached hydrogens (tertiary/aromatic N) is 5. The van der Waals surface area contributed by atoms with Crippen molar-refractivity contribution in [1.82, 2.24) is 15.0 Å². The molecule has 126 valence electrons. The predicted molar refractivity (Wildman–Crippen MR) is 86.9 cm³/mol. The van der Waals surface area contributed by atoms with Gasteiger partial charge in [-0.15, -0.1) is 0 Å². The van der Waals surface area contributed by atoms with Crippen molar-refractivity contribution in [3.63, 3.8) is 0 Å². The number of rotatable bonds is 7. The molecule has 0 bridgehead atoms. The quantitative estimate of drug-likeness (QED) is 0.574. The molecule has 2 aromatic rings. The third-order valence-corrected chi connectivity index (χ3v) is 2.93. The number of anilines is 2. The Bertz CT molecular complexity index is 757. The van der Waals surface area contributed by atoms with Gasteiger partial charge < -0.3 is 10.6 Å². The van der Waals surface area contributed by atoms with E-state index in [1.54, 1.807) is 0 Å². The third-order valence-electron chi connectivity index (χ3n) is 2.93. The normalized spacial score (nSPS) is 10.2. The summed E-state index contributed by atoms with van der Waals surface area (Å²) in [5.74, 6) is 0.565. The summed E-state index contributed by atoms with van der Waals surface area (Å²) in [6.45, 7) is 4.81. The van der Waals surface area contributed by atoms with Crippen molar-refractivity contribution < 1.29 is 9.85 Å². The molecular formula is C13H15N7O4. The lowest BCUT2D eigenvalue weighted by Crippen LogP contribution is -2.10. The number of nitro benzene ring substituents is 2. The van der Waals surface area contributed by atoms with Gasteiger partial charge in [-0.25, -0.2) is 0 Å². The number of non-ortho nitro benzene ring substituents is 1. The second-order valence-corrected chi connectivity index (χ2v) is 4.58. The summed E-state index contributed by atoms with van der Waals surface area (Å²) in [7, 11) is 0. The molecule has 0 amide bonds. The van der Waals surface area contributed by atoms with Crippen LogP contribution in [-0.2, 0) is 0 Å². The topological polar surface area (TPSA) is 149 Å². The molecule has 2 rings (SSSR count). The molecule has 24 heavy (non-hydrogen) atoms. The molecule has 0 atom stereocenters. The number of benzene rings is 1. The van der Waals surface area contributed by atoms with E-state index in [4.69, 9.17) is 0 Å². The molecule has 0 radical (unpaired) electrons. The first kappa shape index (κ1) is 17.0. The zero-order valence-corrected chi connectivity index (χ0v) is 13.0. The van der Waals surface area contributed by atoms with Gasteiger partial charge in [-0.2, -0.15) is 15.0 Å². The van der Waals surface area contributed by atoms with Crippen molar-refractivity contribution >= 4 is 23.3 Å². The van der Waals surface area contributed by atoms with Crippen LogP contribution in [0.3, 0.4) is 0 Å². The van der Waals surface area contributed by atoms with Crippen molar-refractivity contribution in [3.05, 3.63) is 38.4 Å². The maximum absolute atomic E-state index is 11.3. The molecule has 1 aromatic carbocycles. The summed E-state index contributed by atoms with van der Waals surface area (Å²) >= 11 is 0. The van der Waals surface area contributed by atoms with Crippen molar-refractivity contribution in [1.29, 1.82) is 0 Å². The predicted octanol–water partition coefficient (Wildman–Crippen LogP) is 2.22. The van der Waals surface area contributed by atoms with Crippen LogP contribution in [0.5, 0.6) is 0 Å². The van der Waals surface area contributed by atoms with Crippen molar-refractivity contribution in [2.75, 3.05) is 23.7 Å². The van der Waals surface area contributed by atoms with Gasteiger partial charge >= 0.3 is 0 Å². The highest BCUT2D eigenvalue weighted by Gasteiger charge is 2.23. The van der Waals surface area contributed by atoms with E-state index in [0.29, 0.717) is 13.1 Å². The van der Waals surface area contributed by atoms with Gasteiger partial charge in [0.25, 0.3) is 11.4 Å². The minimum absolute atomic E-state index is 0.0542. The summed E-state index contributed by atoms with van der Waals surface area (Å²) in [6.07, 6.45) is 0. The lowest BCUT2D eigenvalue weighted by atomic mass is 10.1. The molecule has 2 N–H and O–H groups in total. The Balaban J connectivity index is 2.61. The average molecular weight is 333 g/mol. The number of nitro groups is 2. The van der Waals surface area contributed by atoms with E-state index in [1.807, 2.05) is 13.8 Å². The summed E-state index contributed by atoms with van der Waals surface area (Å²) in [4.78, 5) is 33.1. The highest BCUT2D eigenvalue weighted by molar-refractivity contribution is 5.71. The largest absolute Gasteiger partial charge is 0.354 e. The lowest BCUT2D eigenvalue weighted by molar-refractivity contribution is -0.393. The van der Waals surface area contributed by atoms with E-state index in [-0.39, 0.29) is 29.0 Å². The second-order valence-electron chi connectivity index (χ2n) is 4.58. The van der Waals surface area contributed by atoms with Crippen LogP contribution >= 0.6 is 0 Å². The first-order valence-electron chi connectivity index (χ1n) is 7.13. The number of nitrogens with one attached hydrogen (secondary N) is 2. The molecule has 0 spiro atoms. The second kappa shape index (κ2) is 7.26. The summed E-state index contributed by atoms with van der Waals surface area (Å²) in [6, 6.07) is 3.32. The summed E-state index contributed by atoms with van der Waals surface area (Å²) < 4.78 is 0. The van der Waals surface area contributed by atoms with E-state index in [2.05, 4.69) is 25.6 Å². The maximum Gasteiger partial charge on any atom is 0.287 e. The molecule has 0 aliphatic rings. The molecule has 11 nitrogen and oxygen atoms in total. The maximum atomic E-state index is 11.3. The third kappa shape index (κ3) is 3.69. The highest BCUT2D eigenvalue weighted by atomic mass is 16.6. The molecule has 0 aliphatic carbocycles. The fraction of sp³-hybridized carbons (Fsp3) is 0.308. The van der Waals surface area contributed by atoms with E-state index < -0.39 is 15.5 Å². The number of hydrogen-bond acceptors (Lipinski definition) is 9. The van der Waals surface area contributed by atoms with Crippen LogP contribution in [0.4, 0.5) is 23.3 Å². The van der Waals surface area contributed by atoms with E-state index in [1.165, 1.54) is 12.1 Å². The molecular weight excluding hydrogens is 318 g/mol. The van der Waals surface area contributed by atoms with Gasteiger partial charge in [0.05, 0.1) is 21.5 Å². The minimum atomic E-state index is -0.702. The molecule has 0 saturated carbocycles. The highest BCUT2D eigenvalue weighted by Crippen LogP contribution is 2.31. The van der Waals surface area contributed by atoms with Gasteiger partial charge in [0.15, 0.2) is 5.82 Å². The van der Waals surface area contributed by atoms with E-state index in [9.17, 15) is 20.2 Å². The summed E-state index contributed by atoms with van der Waals surface area (Å²) in [5, 5.41) is 27.9. The monoisotopic (exact) mass is 333 g/mol. The SMILES string of the molecule is CCNc1nc(NCC)nc(-c2ccc([N+](=O)[O-])cc2[N+](=O)[O-])n1. The Labute approximate surface area is 136 Å². The molecule has 11 heteroatoms. The van der Waals surface area contributed by atoms with Gasteiger partial charge in [0.1, 0.15) is 0 Å².